The number of carbonyl (C=O) groups excluding carboxylic acids is 1. The molecule has 2 heterocycles. The maximum atomic E-state index is 13.1. The molecule has 1 fully saturated rings. The lowest BCUT2D eigenvalue weighted by Crippen LogP contribution is -2.44. The summed E-state index contributed by atoms with van der Waals surface area (Å²) in [6, 6.07) is 7.65. The second-order valence-electron chi connectivity index (χ2n) is 7.24. The van der Waals surface area contributed by atoms with Gasteiger partial charge in [-0.05, 0) is 63.1 Å². The van der Waals surface area contributed by atoms with Crippen molar-refractivity contribution in [1.29, 1.82) is 0 Å². The van der Waals surface area contributed by atoms with Crippen LogP contribution in [0.1, 0.15) is 60.6 Å². The van der Waals surface area contributed by atoms with Crippen LogP contribution < -0.4 is 0 Å². The normalized spacial score (nSPS) is 17.5. The van der Waals surface area contributed by atoms with Crippen molar-refractivity contribution in [2.75, 3.05) is 6.54 Å². The molecule has 1 atom stereocenters. The van der Waals surface area contributed by atoms with Crippen LogP contribution in [0.3, 0.4) is 0 Å². The fraction of sp³-hybridized carbons (Fsp3) is 0.524. The van der Waals surface area contributed by atoms with Gasteiger partial charge in [-0.25, -0.2) is 0 Å². The number of phenolic OH excluding ortho intramolecular Hbond substituents is 1. The number of aryl methyl sites for hydroxylation is 3. The van der Waals surface area contributed by atoms with Gasteiger partial charge in [0, 0.05) is 25.3 Å². The third kappa shape index (κ3) is 4.26. The Kier molecular flexibility index (Phi) is 5.96. The van der Waals surface area contributed by atoms with Crippen LogP contribution in [0.4, 0.5) is 0 Å². The van der Waals surface area contributed by atoms with E-state index in [0.717, 1.165) is 56.5 Å². The van der Waals surface area contributed by atoms with Crippen molar-refractivity contribution in [3.8, 4) is 5.75 Å². The Hall–Kier alpha value is -2.30. The van der Waals surface area contributed by atoms with Crippen molar-refractivity contribution in [3.05, 3.63) is 47.3 Å². The molecule has 5 heteroatoms. The zero-order valence-electron chi connectivity index (χ0n) is 15.8. The van der Waals surface area contributed by atoms with Gasteiger partial charge in [-0.2, -0.15) is 5.10 Å². The van der Waals surface area contributed by atoms with Crippen LogP contribution in [0.2, 0.25) is 0 Å². The third-order valence-corrected chi connectivity index (χ3v) is 5.22. The molecule has 1 aliphatic heterocycles. The molecule has 0 spiro atoms. The highest BCUT2D eigenvalue weighted by Crippen LogP contribution is 2.24. The summed E-state index contributed by atoms with van der Waals surface area (Å²) < 4.78 is 1.89. The van der Waals surface area contributed by atoms with Gasteiger partial charge in [0.1, 0.15) is 5.75 Å². The first-order valence-corrected chi connectivity index (χ1v) is 9.71. The van der Waals surface area contributed by atoms with Gasteiger partial charge in [-0.1, -0.05) is 19.1 Å². The van der Waals surface area contributed by atoms with E-state index in [4.69, 9.17) is 0 Å². The highest BCUT2D eigenvalue weighted by atomic mass is 16.3. The van der Waals surface area contributed by atoms with Crippen LogP contribution in [-0.2, 0) is 13.0 Å². The number of aromatic hydroxyl groups is 1. The molecule has 0 aliphatic carbocycles. The average Bonchev–Trinajstić information content (AvgIpc) is 3.01. The number of benzene rings is 1. The zero-order chi connectivity index (χ0) is 18.5. The molecular weight excluding hydrogens is 326 g/mol. The molecule has 0 unspecified atom stereocenters. The smallest absolute Gasteiger partial charge is 0.257 e. The quantitative estimate of drug-likeness (QED) is 0.854. The largest absolute Gasteiger partial charge is 0.508 e. The van der Waals surface area contributed by atoms with Gasteiger partial charge in [-0.3, -0.25) is 9.48 Å². The van der Waals surface area contributed by atoms with Gasteiger partial charge in [0.05, 0.1) is 11.3 Å². The molecule has 2 aromatic rings. The molecule has 26 heavy (non-hydrogen) atoms. The highest BCUT2D eigenvalue weighted by molar-refractivity contribution is 5.95. The lowest BCUT2D eigenvalue weighted by molar-refractivity contribution is 0.0601. The number of hydrogen-bond donors (Lipinski definition) is 1. The Balaban J connectivity index is 1.69. The summed E-state index contributed by atoms with van der Waals surface area (Å²) in [6.45, 7) is 5.72. The van der Waals surface area contributed by atoms with E-state index < -0.39 is 0 Å². The van der Waals surface area contributed by atoms with E-state index in [1.54, 1.807) is 12.1 Å². The Labute approximate surface area is 155 Å². The minimum Gasteiger partial charge on any atom is -0.508 e. The highest BCUT2D eigenvalue weighted by Gasteiger charge is 2.29. The van der Waals surface area contributed by atoms with Gasteiger partial charge in [0.2, 0.25) is 0 Å². The van der Waals surface area contributed by atoms with Crippen LogP contribution in [-0.4, -0.2) is 38.3 Å². The number of piperidine rings is 1. The van der Waals surface area contributed by atoms with E-state index in [-0.39, 0.29) is 11.9 Å². The SMILES string of the molecule is CCCn1cc(C(=O)N2CCCC[C@H]2CCc2ccc(O)cc2)c(C)n1. The standard InChI is InChI=1S/C21H29N3O2/c1-3-13-23-15-20(16(2)22-23)21(26)24-14-5-4-6-18(24)10-7-17-8-11-19(25)12-9-17/h8-9,11-12,15,18,25H,3-7,10,13-14H2,1-2H3/t18-/m0/s1. The molecular formula is C21H29N3O2. The van der Waals surface area contributed by atoms with Gasteiger partial charge >= 0.3 is 0 Å². The number of hydrogen-bond acceptors (Lipinski definition) is 3. The van der Waals surface area contributed by atoms with Crippen LogP contribution in [0.15, 0.2) is 30.5 Å². The summed E-state index contributed by atoms with van der Waals surface area (Å²) in [4.78, 5) is 15.2. The first-order valence-electron chi connectivity index (χ1n) is 9.71. The van der Waals surface area contributed by atoms with Crippen molar-refractivity contribution in [1.82, 2.24) is 14.7 Å². The minimum absolute atomic E-state index is 0.125. The zero-order valence-corrected chi connectivity index (χ0v) is 15.8. The van der Waals surface area contributed by atoms with Gasteiger partial charge < -0.3 is 10.0 Å². The molecule has 5 nitrogen and oxygen atoms in total. The van der Waals surface area contributed by atoms with Crippen molar-refractivity contribution in [2.24, 2.45) is 0 Å². The van der Waals surface area contributed by atoms with Crippen LogP contribution in [0.25, 0.3) is 0 Å². The number of aromatic nitrogens is 2. The summed E-state index contributed by atoms with van der Waals surface area (Å²) in [5, 5.41) is 13.9. The maximum Gasteiger partial charge on any atom is 0.257 e. The lowest BCUT2D eigenvalue weighted by Gasteiger charge is -2.36. The minimum atomic E-state index is 0.125. The van der Waals surface area contributed by atoms with Crippen molar-refractivity contribution < 1.29 is 9.90 Å². The summed E-state index contributed by atoms with van der Waals surface area (Å²) in [6.07, 6.45) is 8.11. The molecule has 1 amide bonds. The Morgan fingerprint density at radius 1 is 1.27 bits per heavy atom. The molecule has 0 saturated carbocycles. The van der Waals surface area contributed by atoms with Crippen LogP contribution >= 0.6 is 0 Å². The monoisotopic (exact) mass is 355 g/mol. The Morgan fingerprint density at radius 3 is 2.77 bits per heavy atom. The number of phenols is 1. The van der Waals surface area contributed by atoms with E-state index in [1.807, 2.05) is 29.9 Å². The third-order valence-electron chi connectivity index (χ3n) is 5.22. The van der Waals surface area contributed by atoms with Crippen molar-refractivity contribution in [2.45, 2.75) is 65.0 Å². The summed E-state index contributed by atoms with van der Waals surface area (Å²) in [5.74, 6) is 0.419. The number of rotatable bonds is 6. The predicted molar refractivity (Wildman–Crippen MR) is 102 cm³/mol. The van der Waals surface area contributed by atoms with Gasteiger partial charge in [0.15, 0.2) is 0 Å². The maximum absolute atomic E-state index is 13.1. The van der Waals surface area contributed by atoms with Crippen molar-refractivity contribution >= 4 is 5.91 Å². The van der Waals surface area contributed by atoms with Crippen molar-refractivity contribution in [3.63, 3.8) is 0 Å². The molecule has 3 rings (SSSR count). The fourth-order valence-corrected chi connectivity index (χ4v) is 3.79. The molecule has 1 aromatic carbocycles. The number of carbonyl (C=O) groups is 1. The molecule has 1 saturated heterocycles. The Morgan fingerprint density at radius 2 is 2.04 bits per heavy atom. The summed E-state index contributed by atoms with van der Waals surface area (Å²) >= 11 is 0. The topological polar surface area (TPSA) is 58.4 Å². The van der Waals surface area contributed by atoms with Gasteiger partial charge in [0.25, 0.3) is 5.91 Å². The second kappa shape index (κ2) is 8.39. The van der Waals surface area contributed by atoms with Crippen LogP contribution in [0.5, 0.6) is 5.75 Å². The fourth-order valence-electron chi connectivity index (χ4n) is 3.79. The second-order valence-corrected chi connectivity index (χ2v) is 7.24. The summed E-state index contributed by atoms with van der Waals surface area (Å²) in [7, 11) is 0. The molecule has 1 aliphatic rings. The average molecular weight is 355 g/mol. The molecule has 0 bridgehead atoms. The first-order chi connectivity index (χ1) is 12.6. The van der Waals surface area contributed by atoms with E-state index in [1.165, 1.54) is 12.0 Å². The first kappa shape index (κ1) is 18.5. The predicted octanol–water partition coefficient (Wildman–Crippen LogP) is 3.93. The van der Waals surface area contributed by atoms with Gasteiger partial charge in [-0.15, -0.1) is 0 Å². The van der Waals surface area contributed by atoms with E-state index in [0.29, 0.717) is 5.75 Å². The number of nitrogens with zero attached hydrogens (tertiary/aromatic N) is 3. The van der Waals surface area contributed by atoms with Crippen LogP contribution in [0, 0.1) is 6.92 Å². The van der Waals surface area contributed by atoms with E-state index in [9.17, 15) is 9.90 Å². The molecule has 0 radical (unpaired) electrons. The number of amides is 1. The molecule has 140 valence electrons. The molecule has 1 N–H and O–H groups in total. The van der Waals surface area contributed by atoms with E-state index in [2.05, 4.69) is 16.9 Å². The lowest BCUT2D eigenvalue weighted by atomic mass is 9.95. The Bertz CT molecular complexity index is 736. The van der Waals surface area contributed by atoms with E-state index >= 15 is 0 Å². The summed E-state index contributed by atoms with van der Waals surface area (Å²) in [5.41, 5.74) is 2.77. The number of likely N-dealkylation sites (tertiary alicyclic amines) is 1. The molecule has 1 aromatic heterocycles.